The molecule has 0 aromatic carbocycles. The monoisotopic (exact) mass is 205 g/mol. The summed E-state index contributed by atoms with van der Waals surface area (Å²) in [6.07, 6.45) is 3.59. The maximum atomic E-state index is 11.8. The average molecular weight is 205 g/mol. The van der Waals surface area contributed by atoms with E-state index in [0.29, 0.717) is 11.4 Å². The highest BCUT2D eigenvalue weighted by atomic mass is 16.1. The SMILES string of the molecule is Cn1cc(CC(=O)c2ccnn2C)nn1. The molecule has 0 atom stereocenters. The first-order valence-electron chi connectivity index (χ1n) is 4.53. The van der Waals surface area contributed by atoms with Crippen molar-refractivity contribution >= 4 is 5.78 Å². The van der Waals surface area contributed by atoms with Crippen LogP contribution in [0.4, 0.5) is 0 Å². The topological polar surface area (TPSA) is 65.6 Å². The highest BCUT2D eigenvalue weighted by Crippen LogP contribution is 2.03. The zero-order chi connectivity index (χ0) is 10.8. The van der Waals surface area contributed by atoms with E-state index in [4.69, 9.17) is 0 Å². The summed E-state index contributed by atoms with van der Waals surface area (Å²) in [4.78, 5) is 11.8. The number of ketones is 1. The smallest absolute Gasteiger partial charge is 0.186 e. The van der Waals surface area contributed by atoms with E-state index in [1.54, 1.807) is 41.9 Å². The van der Waals surface area contributed by atoms with Gasteiger partial charge >= 0.3 is 0 Å². The van der Waals surface area contributed by atoms with Crippen LogP contribution in [0.15, 0.2) is 18.5 Å². The van der Waals surface area contributed by atoms with Crippen LogP contribution in [0.2, 0.25) is 0 Å². The number of hydrogen-bond acceptors (Lipinski definition) is 4. The molecule has 0 fully saturated rings. The Morgan fingerprint density at radius 3 is 2.80 bits per heavy atom. The Kier molecular flexibility index (Phi) is 2.32. The van der Waals surface area contributed by atoms with Crippen molar-refractivity contribution in [3.05, 3.63) is 29.8 Å². The minimum Gasteiger partial charge on any atom is -0.292 e. The summed E-state index contributed by atoms with van der Waals surface area (Å²) in [7, 11) is 3.51. The summed E-state index contributed by atoms with van der Waals surface area (Å²) in [5, 5.41) is 11.6. The van der Waals surface area contributed by atoms with Crippen molar-refractivity contribution in [3.8, 4) is 0 Å². The van der Waals surface area contributed by atoms with Gasteiger partial charge in [-0.25, -0.2) is 0 Å². The first-order valence-corrected chi connectivity index (χ1v) is 4.53. The van der Waals surface area contributed by atoms with Crippen molar-refractivity contribution < 1.29 is 4.79 Å². The molecule has 0 spiro atoms. The minimum atomic E-state index is -0.00417. The minimum absolute atomic E-state index is 0.00417. The Hall–Kier alpha value is -1.98. The van der Waals surface area contributed by atoms with Gasteiger partial charge in [-0.3, -0.25) is 14.2 Å². The molecule has 0 saturated carbocycles. The molecule has 2 aromatic heterocycles. The molecule has 78 valence electrons. The lowest BCUT2D eigenvalue weighted by molar-refractivity contribution is 0.0983. The lowest BCUT2D eigenvalue weighted by Crippen LogP contribution is -2.09. The van der Waals surface area contributed by atoms with Gasteiger partial charge in [0.1, 0.15) is 5.69 Å². The van der Waals surface area contributed by atoms with E-state index >= 15 is 0 Å². The molecular weight excluding hydrogens is 194 g/mol. The largest absolute Gasteiger partial charge is 0.292 e. The van der Waals surface area contributed by atoms with Gasteiger partial charge < -0.3 is 0 Å². The fraction of sp³-hybridized carbons (Fsp3) is 0.333. The Morgan fingerprint density at radius 1 is 1.47 bits per heavy atom. The molecule has 0 amide bonds. The summed E-state index contributed by atoms with van der Waals surface area (Å²) in [6.45, 7) is 0. The summed E-state index contributed by atoms with van der Waals surface area (Å²) < 4.78 is 3.13. The number of Topliss-reactive ketones (excluding diaryl/α,β-unsaturated/α-hetero) is 1. The second-order valence-corrected chi connectivity index (χ2v) is 3.32. The molecule has 0 bridgehead atoms. The molecule has 0 aliphatic carbocycles. The van der Waals surface area contributed by atoms with Crippen LogP contribution in [-0.2, 0) is 20.5 Å². The van der Waals surface area contributed by atoms with Crippen molar-refractivity contribution in [3.63, 3.8) is 0 Å². The molecule has 0 aliphatic rings. The van der Waals surface area contributed by atoms with Crippen LogP contribution in [0.1, 0.15) is 16.2 Å². The predicted molar refractivity (Wildman–Crippen MR) is 52.2 cm³/mol. The molecule has 2 heterocycles. The van der Waals surface area contributed by atoms with Crippen LogP contribution in [0.3, 0.4) is 0 Å². The van der Waals surface area contributed by atoms with Crippen molar-refractivity contribution in [2.45, 2.75) is 6.42 Å². The van der Waals surface area contributed by atoms with Crippen LogP contribution in [0.25, 0.3) is 0 Å². The van der Waals surface area contributed by atoms with E-state index in [1.165, 1.54) is 0 Å². The van der Waals surface area contributed by atoms with Crippen molar-refractivity contribution in [2.24, 2.45) is 14.1 Å². The quantitative estimate of drug-likeness (QED) is 0.660. The third-order valence-corrected chi connectivity index (χ3v) is 2.10. The Bertz CT molecular complexity index is 484. The molecule has 6 heteroatoms. The van der Waals surface area contributed by atoms with E-state index < -0.39 is 0 Å². The predicted octanol–water partition coefficient (Wildman–Crippen LogP) is -0.0260. The number of nitrogens with zero attached hydrogens (tertiary/aromatic N) is 5. The first kappa shape index (κ1) is 9.57. The van der Waals surface area contributed by atoms with Crippen LogP contribution in [0.5, 0.6) is 0 Å². The first-order chi connectivity index (χ1) is 7.16. The van der Waals surface area contributed by atoms with E-state index in [1.807, 2.05) is 0 Å². The lowest BCUT2D eigenvalue weighted by atomic mass is 10.2. The molecule has 0 saturated heterocycles. The van der Waals surface area contributed by atoms with Gasteiger partial charge in [0, 0.05) is 26.5 Å². The number of aromatic nitrogens is 5. The van der Waals surface area contributed by atoms with Crippen LogP contribution in [-0.4, -0.2) is 30.6 Å². The second-order valence-electron chi connectivity index (χ2n) is 3.32. The number of carbonyl (C=O) groups excluding carboxylic acids is 1. The van der Waals surface area contributed by atoms with Gasteiger partial charge in [0.25, 0.3) is 0 Å². The van der Waals surface area contributed by atoms with Gasteiger partial charge in [-0.15, -0.1) is 5.10 Å². The van der Waals surface area contributed by atoms with Crippen LogP contribution >= 0.6 is 0 Å². The number of aryl methyl sites for hydroxylation is 2. The molecular formula is C9H11N5O. The number of hydrogen-bond donors (Lipinski definition) is 0. The third-order valence-electron chi connectivity index (χ3n) is 2.10. The van der Waals surface area contributed by atoms with E-state index in [9.17, 15) is 4.79 Å². The zero-order valence-electron chi connectivity index (χ0n) is 8.58. The number of carbonyl (C=O) groups is 1. The maximum absolute atomic E-state index is 11.8. The fourth-order valence-electron chi connectivity index (χ4n) is 1.38. The van der Waals surface area contributed by atoms with Gasteiger partial charge in [-0.05, 0) is 6.07 Å². The van der Waals surface area contributed by atoms with Gasteiger partial charge in [-0.2, -0.15) is 5.10 Å². The summed E-state index contributed by atoms with van der Waals surface area (Å²) in [5.41, 5.74) is 1.25. The highest BCUT2D eigenvalue weighted by molar-refractivity contribution is 5.95. The molecule has 2 rings (SSSR count). The summed E-state index contributed by atoms with van der Waals surface area (Å²) in [5.74, 6) is -0.00417. The van der Waals surface area contributed by atoms with E-state index in [0.717, 1.165) is 0 Å². The molecule has 2 aromatic rings. The molecule has 0 unspecified atom stereocenters. The van der Waals surface area contributed by atoms with Crippen LogP contribution < -0.4 is 0 Å². The second kappa shape index (κ2) is 3.64. The maximum Gasteiger partial charge on any atom is 0.186 e. The Balaban J connectivity index is 2.14. The van der Waals surface area contributed by atoms with Gasteiger partial charge in [0.2, 0.25) is 0 Å². The summed E-state index contributed by atoms with van der Waals surface area (Å²) >= 11 is 0. The average Bonchev–Trinajstić information content (AvgIpc) is 2.75. The molecule has 0 aliphatic heterocycles. The van der Waals surface area contributed by atoms with Gasteiger partial charge in [0.05, 0.1) is 12.1 Å². The Morgan fingerprint density at radius 2 is 2.27 bits per heavy atom. The molecule has 0 radical (unpaired) electrons. The van der Waals surface area contributed by atoms with Crippen molar-refractivity contribution in [1.82, 2.24) is 24.8 Å². The van der Waals surface area contributed by atoms with E-state index in [-0.39, 0.29) is 12.2 Å². The molecule has 15 heavy (non-hydrogen) atoms. The molecule has 0 N–H and O–H groups in total. The van der Waals surface area contributed by atoms with Gasteiger partial charge in [-0.1, -0.05) is 5.21 Å². The lowest BCUT2D eigenvalue weighted by Gasteiger charge is -1.97. The van der Waals surface area contributed by atoms with E-state index in [2.05, 4.69) is 15.4 Å². The van der Waals surface area contributed by atoms with Crippen molar-refractivity contribution in [1.29, 1.82) is 0 Å². The number of rotatable bonds is 3. The standard InChI is InChI=1S/C9H11N5O/c1-13-6-7(11-12-13)5-9(15)8-3-4-10-14(8)2/h3-4,6H,5H2,1-2H3. The van der Waals surface area contributed by atoms with Crippen LogP contribution in [0, 0.1) is 0 Å². The Labute approximate surface area is 86.5 Å². The highest BCUT2D eigenvalue weighted by Gasteiger charge is 2.12. The molecule has 6 nitrogen and oxygen atoms in total. The third kappa shape index (κ3) is 1.93. The zero-order valence-corrected chi connectivity index (χ0v) is 8.58. The normalized spacial score (nSPS) is 10.5. The fourth-order valence-corrected chi connectivity index (χ4v) is 1.38. The van der Waals surface area contributed by atoms with Crippen molar-refractivity contribution in [2.75, 3.05) is 0 Å². The summed E-state index contributed by atoms with van der Waals surface area (Å²) in [6, 6.07) is 1.69. The van der Waals surface area contributed by atoms with Gasteiger partial charge in [0.15, 0.2) is 5.78 Å².